The van der Waals surface area contributed by atoms with Crippen LogP contribution < -0.4 is 5.32 Å². The summed E-state index contributed by atoms with van der Waals surface area (Å²) in [5.41, 5.74) is 2.90. The van der Waals surface area contributed by atoms with Crippen LogP contribution in [0.4, 0.5) is 0 Å². The van der Waals surface area contributed by atoms with Gasteiger partial charge in [0.25, 0.3) is 0 Å². The molecule has 0 aliphatic carbocycles. The molecule has 1 aliphatic rings. The lowest BCUT2D eigenvalue weighted by atomic mass is 9.92. The van der Waals surface area contributed by atoms with E-state index in [9.17, 15) is 9.59 Å². The van der Waals surface area contributed by atoms with Gasteiger partial charge in [-0.25, -0.2) is 0 Å². The van der Waals surface area contributed by atoms with Gasteiger partial charge in [-0.3, -0.25) is 20.0 Å². The largest absolute Gasteiger partial charge is 0.296 e. The predicted octanol–water partition coefficient (Wildman–Crippen LogP) is 2.21. The van der Waals surface area contributed by atoms with Crippen molar-refractivity contribution in [1.82, 2.24) is 15.5 Å². The van der Waals surface area contributed by atoms with E-state index in [0.717, 1.165) is 16.6 Å². The standard InChI is InChI=1S/C15H17N3O2/c1-8(2)9-3-4-10-12(7-9)17-18-14(10)11-5-6-13(19)16-15(11)20/h3-4,7-8,11H,5-6H2,1-2H3,(H,17,18)(H,16,19,20). The minimum Gasteiger partial charge on any atom is -0.296 e. The van der Waals surface area contributed by atoms with Gasteiger partial charge < -0.3 is 0 Å². The van der Waals surface area contributed by atoms with Gasteiger partial charge in [-0.05, 0) is 24.0 Å². The van der Waals surface area contributed by atoms with Gasteiger partial charge in [0.15, 0.2) is 0 Å². The summed E-state index contributed by atoms with van der Waals surface area (Å²) in [6.45, 7) is 4.27. The molecule has 2 N–H and O–H groups in total. The van der Waals surface area contributed by atoms with Crippen molar-refractivity contribution in [3.63, 3.8) is 0 Å². The van der Waals surface area contributed by atoms with Crippen LogP contribution in [0.15, 0.2) is 18.2 Å². The minimum absolute atomic E-state index is 0.197. The van der Waals surface area contributed by atoms with E-state index in [1.165, 1.54) is 5.56 Å². The van der Waals surface area contributed by atoms with Crippen LogP contribution in [0.2, 0.25) is 0 Å². The number of aromatic nitrogens is 2. The molecule has 1 atom stereocenters. The fourth-order valence-electron chi connectivity index (χ4n) is 2.64. The Labute approximate surface area is 116 Å². The van der Waals surface area contributed by atoms with Gasteiger partial charge in [-0.15, -0.1) is 0 Å². The van der Waals surface area contributed by atoms with Crippen molar-refractivity contribution in [3.05, 3.63) is 29.5 Å². The molecule has 0 spiro atoms. The third-order valence-corrected chi connectivity index (χ3v) is 3.86. The van der Waals surface area contributed by atoms with Crippen LogP contribution in [-0.2, 0) is 9.59 Å². The van der Waals surface area contributed by atoms with Crippen LogP contribution in [0.25, 0.3) is 10.9 Å². The Hall–Kier alpha value is -2.17. The molecule has 1 saturated heterocycles. The normalized spacial score (nSPS) is 19.6. The molecule has 2 amide bonds. The van der Waals surface area contributed by atoms with Crippen LogP contribution in [-0.4, -0.2) is 22.0 Å². The van der Waals surface area contributed by atoms with Crippen molar-refractivity contribution >= 4 is 22.7 Å². The molecule has 1 aliphatic heterocycles. The summed E-state index contributed by atoms with van der Waals surface area (Å²) in [6, 6.07) is 6.12. The van der Waals surface area contributed by atoms with Crippen molar-refractivity contribution < 1.29 is 9.59 Å². The summed E-state index contributed by atoms with van der Waals surface area (Å²) in [4.78, 5) is 23.2. The summed E-state index contributed by atoms with van der Waals surface area (Å²) in [5, 5.41) is 10.6. The second kappa shape index (κ2) is 4.74. The monoisotopic (exact) mass is 271 g/mol. The van der Waals surface area contributed by atoms with Gasteiger partial charge in [0.1, 0.15) is 0 Å². The molecule has 0 saturated carbocycles. The van der Waals surface area contributed by atoms with Crippen molar-refractivity contribution in [1.29, 1.82) is 0 Å². The molecular weight excluding hydrogens is 254 g/mol. The Morgan fingerprint density at radius 3 is 2.80 bits per heavy atom. The number of H-pyrrole nitrogens is 1. The quantitative estimate of drug-likeness (QED) is 0.822. The summed E-state index contributed by atoms with van der Waals surface area (Å²) < 4.78 is 0. The van der Waals surface area contributed by atoms with Crippen molar-refractivity contribution in [2.75, 3.05) is 0 Å². The smallest absolute Gasteiger partial charge is 0.235 e. The van der Waals surface area contributed by atoms with Crippen LogP contribution in [0.3, 0.4) is 0 Å². The number of piperidine rings is 1. The van der Waals surface area contributed by atoms with Gasteiger partial charge in [-0.2, -0.15) is 5.10 Å². The number of nitrogens with zero attached hydrogens (tertiary/aromatic N) is 1. The maximum atomic E-state index is 11.9. The number of carbonyl (C=O) groups excluding carboxylic acids is 2. The zero-order valence-electron chi connectivity index (χ0n) is 11.6. The Bertz CT molecular complexity index is 687. The van der Waals surface area contributed by atoms with Crippen molar-refractivity contribution in [2.45, 2.75) is 38.5 Å². The van der Waals surface area contributed by atoms with E-state index in [2.05, 4.69) is 35.4 Å². The highest BCUT2D eigenvalue weighted by Crippen LogP contribution is 2.30. The second-order valence-electron chi connectivity index (χ2n) is 5.57. The maximum absolute atomic E-state index is 11.9. The predicted molar refractivity (Wildman–Crippen MR) is 75.3 cm³/mol. The van der Waals surface area contributed by atoms with E-state index in [-0.39, 0.29) is 17.7 Å². The van der Waals surface area contributed by atoms with Gasteiger partial charge in [0.2, 0.25) is 11.8 Å². The number of hydrogen-bond donors (Lipinski definition) is 2. The van der Waals surface area contributed by atoms with E-state index >= 15 is 0 Å². The first-order valence-electron chi connectivity index (χ1n) is 6.88. The number of amides is 2. The third kappa shape index (κ3) is 2.09. The highest BCUT2D eigenvalue weighted by molar-refractivity contribution is 6.02. The molecule has 1 unspecified atom stereocenters. The average molecular weight is 271 g/mol. The first-order valence-corrected chi connectivity index (χ1v) is 6.88. The average Bonchev–Trinajstić information content (AvgIpc) is 2.81. The molecule has 1 aromatic heterocycles. The maximum Gasteiger partial charge on any atom is 0.235 e. The van der Waals surface area contributed by atoms with Gasteiger partial charge >= 0.3 is 0 Å². The van der Waals surface area contributed by atoms with E-state index in [4.69, 9.17) is 0 Å². The van der Waals surface area contributed by atoms with Crippen molar-refractivity contribution in [2.24, 2.45) is 0 Å². The summed E-state index contributed by atoms with van der Waals surface area (Å²) in [5.74, 6) is -0.311. The number of aromatic amines is 1. The van der Waals surface area contributed by atoms with Gasteiger partial charge in [0, 0.05) is 11.8 Å². The number of rotatable bonds is 2. The lowest BCUT2D eigenvalue weighted by Crippen LogP contribution is -2.39. The van der Waals surface area contributed by atoms with Crippen LogP contribution in [0, 0.1) is 0 Å². The minimum atomic E-state index is -0.317. The molecule has 1 aromatic carbocycles. The number of carbonyl (C=O) groups is 2. The van der Waals surface area contributed by atoms with Crippen LogP contribution in [0.1, 0.15) is 49.8 Å². The molecule has 5 heteroatoms. The molecule has 20 heavy (non-hydrogen) atoms. The van der Waals surface area contributed by atoms with Gasteiger partial charge in [0.05, 0.1) is 17.1 Å². The molecule has 0 bridgehead atoms. The molecule has 0 radical (unpaired) electrons. The second-order valence-corrected chi connectivity index (χ2v) is 5.57. The van der Waals surface area contributed by atoms with Crippen LogP contribution >= 0.6 is 0 Å². The first kappa shape index (κ1) is 12.8. The number of fused-ring (bicyclic) bond motifs is 1. The number of imide groups is 1. The molecule has 104 valence electrons. The summed E-state index contributed by atoms with van der Waals surface area (Å²) in [6.07, 6.45) is 0.912. The van der Waals surface area contributed by atoms with E-state index < -0.39 is 0 Å². The SMILES string of the molecule is CC(C)c1ccc2c(C3CCC(=O)NC3=O)[nH]nc2c1. The fourth-order valence-corrected chi connectivity index (χ4v) is 2.64. The number of nitrogens with one attached hydrogen (secondary N) is 2. The zero-order chi connectivity index (χ0) is 14.3. The first-order chi connectivity index (χ1) is 9.56. The van der Waals surface area contributed by atoms with E-state index in [1.807, 2.05) is 12.1 Å². The Morgan fingerprint density at radius 2 is 2.10 bits per heavy atom. The molecular formula is C15H17N3O2. The fraction of sp³-hybridized carbons (Fsp3) is 0.400. The number of benzene rings is 1. The van der Waals surface area contributed by atoms with E-state index in [1.54, 1.807) is 0 Å². The zero-order valence-corrected chi connectivity index (χ0v) is 11.6. The number of hydrogen-bond acceptors (Lipinski definition) is 3. The van der Waals surface area contributed by atoms with E-state index in [0.29, 0.717) is 18.8 Å². The molecule has 3 rings (SSSR count). The Balaban J connectivity index is 2.00. The van der Waals surface area contributed by atoms with Crippen LogP contribution in [0.5, 0.6) is 0 Å². The molecule has 2 aromatic rings. The lowest BCUT2D eigenvalue weighted by molar-refractivity contribution is -0.134. The summed E-state index contributed by atoms with van der Waals surface area (Å²) >= 11 is 0. The molecule has 5 nitrogen and oxygen atoms in total. The summed E-state index contributed by atoms with van der Waals surface area (Å²) in [7, 11) is 0. The molecule has 2 heterocycles. The highest BCUT2D eigenvalue weighted by atomic mass is 16.2. The van der Waals surface area contributed by atoms with Crippen molar-refractivity contribution in [3.8, 4) is 0 Å². The third-order valence-electron chi connectivity index (χ3n) is 3.86. The Morgan fingerprint density at radius 1 is 1.30 bits per heavy atom. The Kier molecular flexibility index (Phi) is 3.04. The topological polar surface area (TPSA) is 74.8 Å². The van der Waals surface area contributed by atoms with Gasteiger partial charge in [-0.1, -0.05) is 26.0 Å². The lowest BCUT2D eigenvalue weighted by Gasteiger charge is -2.19. The molecule has 1 fully saturated rings. The highest BCUT2D eigenvalue weighted by Gasteiger charge is 2.30.